The van der Waals surface area contributed by atoms with Crippen LogP contribution in [0, 0.1) is 0 Å². The van der Waals surface area contributed by atoms with Crippen LogP contribution in [0.15, 0.2) is 53.0 Å². The van der Waals surface area contributed by atoms with E-state index in [-0.39, 0.29) is 5.91 Å². The van der Waals surface area contributed by atoms with Gasteiger partial charge in [-0.25, -0.2) is 0 Å². The smallest absolute Gasteiger partial charge is 0.248 e. The molecule has 4 nitrogen and oxygen atoms in total. The first-order chi connectivity index (χ1) is 10.6. The van der Waals surface area contributed by atoms with Crippen LogP contribution in [0.5, 0.6) is 11.5 Å². The van der Waals surface area contributed by atoms with Crippen LogP contribution in [0.2, 0.25) is 0 Å². The average molecular weight is 362 g/mol. The van der Waals surface area contributed by atoms with Gasteiger partial charge in [-0.2, -0.15) is 0 Å². The van der Waals surface area contributed by atoms with Gasteiger partial charge in [-0.3, -0.25) is 4.79 Å². The van der Waals surface area contributed by atoms with E-state index in [1.54, 1.807) is 32.4 Å². The number of amides is 1. The lowest BCUT2D eigenvalue weighted by atomic mass is 10.1. The zero-order valence-corrected chi connectivity index (χ0v) is 13.9. The lowest BCUT2D eigenvalue weighted by molar-refractivity contribution is -0.111. The maximum Gasteiger partial charge on any atom is 0.248 e. The maximum atomic E-state index is 11.9. The highest BCUT2D eigenvalue weighted by Gasteiger charge is 2.03. The second-order valence-electron chi connectivity index (χ2n) is 4.44. The monoisotopic (exact) mass is 361 g/mol. The molecule has 0 saturated carbocycles. The number of anilines is 1. The van der Waals surface area contributed by atoms with E-state index in [0.29, 0.717) is 11.5 Å². The van der Waals surface area contributed by atoms with Crippen LogP contribution in [0.3, 0.4) is 0 Å². The minimum atomic E-state index is -0.216. The summed E-state index contributed by atoms with van der Waals surface area (Å²) in [7, 11) is 3.18. The Morgan fingerprint density at radius 3 is 2.45 bits per heavy atom. The number of methoxy groups -OCH3 is 2. The lowest BCUT2D eigenvalue weighted by Gasteiger charge is -2.07. The molecule has 0 aliphatic carbocycles. The van der Waals surface area contributed by atoms with Gasteiger partial charge in [0, 0.05) is 21.8 Å². The van der Waals surface area contributed by atoms with Gasteiger partial charge in [0.05, 0.1) is 14.2 Å². The summed E-state index contributed by atoms with van der Waals surface area (Å²) in [5, 5.41) is 2.79. The summed E-state index contributed by atoms with van der Waals surface area (Å²) in [6.07, 6.45) is 3.15. The van der Waals surface area contributed by atoms with Crippen molar-refractivity contribution in [2.75, 3.05) is 19.5 Å². The number of carbonyl (C=O) groups excluding carboxylic acids is 1. The number of halogens is 1. The Kier molecular flexibility index (Phi) is 5.61. The van der Waals surface area contributed by atoms with Crippen molar-refractivity contribution >= 4 is 33.6 Å². The highest BCUT2D eigenvalue weighted by Crippen LogP contribution is 2.25. The molecule has 0 heterocycles. The Morgan fingerprint density at radius 1 is 1.09 bits per heavy atom. The lowest BCUT2D eigenvalue weighted by Crippen LogP contribution is -2.07. The van der Waals surface area contributed by atoms with E-state index in [9.17, 15) is 4.79 Å². The summed E-state index contributed by atoms with van der Waals surface area (Å²) in [6, 6.07) is 12.8. The molecule has 0 aliphatic rings. The van der Waals surface area contributed by atoms with E-state index in [1.807, 2.05) is 30.3 Å². The normalized spacial score (nSPS) is 10.5. The highest BCUT2D eigenvalue weighted by atomic mass is 79.9. The molecule has 2 aromatic rings. The van der Waals surface area contributed by atoms with Gasteiger partial charge in [-0.15, -0.1) is 0 Å². The first-order valence-electron chi connectivity index (χ1n) is 6.59. The third kappa shape index (κ3) is 4.36. The molecule has 2 aromatic carbocycles. The predicted octanol–water partition coefficient (Wildman–Crippen LogP) is 4.12. The van der Waals surface area contributed by atoms with Gasteiger partial charge in [0.2, 0.25) is 5.91 Å². The topological polar surface area (TPSA) is 47.6 Å². The average Bonchev–Trinajstić information content (AvgIpc) is 2.54. The summed E-state index contributed by atoms with van der Waals surface area (Å²) < 4.78 is 11.4. The van der Waals surface area contributed by atoms with Crippen molar-refractivity contribution in [3.63, 3.8) is 0 Å². The number of carbonyl (C=O) groups is 1. The van der Waals surface area contributed by atoms with Crippen molar-refractivity contribution in [1.29, 1.82) is 0 Å². The minimum absolute atomic E-state index is 0.216. The summed E-state index contributed by atoms with van der Waals surface area (Å²) in [5.41, 5.74) is 1.50. The first kappa shape index (κ1) is 16.1. The van der Waals surface area contributed by atoms with Gasteiger partial charge in [0.15, 0.2) is 0 Å². The largest absolute Gasteiger partial charge is 0.497 e. The summed E-state index contributed by atoms with van der Waals surface area (Å²) in [5.74, 6) is 1.16. The molecule has 22 heavy (non-hydrogen) atoms. The Bertz CT molecular complexity index is 681. The number of hydrogen-bond donors (Lipinski definition) is 1. The molecular weight excluding hydrogens is 346 g/mol. The van der Waals surface area contributed by atoms with Crippen molar-refractivity contribution < 1.29 is 14.3 Å². The number of benzene rings is 2. The van der Waals surface area contributed by atoms with Gasteiger partial charge in [0.1, 0.15) is 11.5 Å². The predicted molar refractivity (Wildman–Crippen MR) is 91.4 cm³/mol. The molecule has 0 atom stereocenters. The van der Waals surface area contributed by atoms with E-state index in [2.05, 4.69) is 21.2 Å². The van der Waals surface area contributed by atoms with Gasteiger partial charge >= 0.3 is 0 Å². The molecule has 1 N–H and O–H groups in total. The van der Waals surface area contributed by atoms with Crippen LogP contribution in [-0.2, 0) is 4.79 Å². The van der Waals surface area contributed by atoms with E-state index in [4.69, 9.17) is 9.47 Å². The van der Waals surface area contributed by atoms with Crippen molar-refractivity contribution in [2.24, 2.45) is 0 Å². The number of ether oxygens (including phenoxy) is 2. The van der Waals surface area contributed by atoms with Crippen LogP contribution in [0.1, 0.15) is 5.56 Å². The summed E-state index contributed by atoms with van der Waals surface area (Å²) >= 11 is 3.35. The molecule has 5 heteroatoms. The SMILES string of the molecule is COc1ccc(OC)c(/C=C/C(=O)Nc2ccc(Br)cc2)c1. The molecule has 0 saturated heterocycles. The molecule has 0 radical (unpaired) electrons. The molecule has 0 aromatic heterocycles. The third-order valence-electron chi connectivity index (χ3n) is 2.96. The summed E-state index contributed by atoms with van der Waals surface area (Å²) in [4.78, 5) is 11.9. The molecule has 1 amide bonds. The van der Waals surface area contributed by atoms with Crippen LogP contribution < -0.4 is 14.8 Å². The van der Waals surface area contributed by atoms with Crippen LogP contribution in [0.25, 0.3) is 6.08 Å². The Hall–Kier alpha value is -2.27. The van der Waals surface area contributed by atoms with Gasteiger partial charge in [0.25, 0.3) is 0 Å². The van der Waals surface area contributed by atoms with Crippen molar-refractivity contribution in [1.82, 2.24) is 0 Å². The Balaban J connectivity index is 2.10. The molecule has 0 unspecified atom stereocenters. The number of hydrogen-bond acceptors (Lipinski definition) is 3. The number of nitrogens with one attached hydrogen (secondary N) is 1. The van der Waals surface area contributed by atoms with Crippen LogP contribution in [-0.4, -0.2) is 20.1 Å². The zero-order chi connectivity index (χ0) is 15.9. The highest BCUT2D eigenvalue weighted by molar-refractivity contribution is 9.10. The quantitative estimate of drug-likeness (QED) is 0.814. The number of rotatable bonds is 5. The van der Waals surface area contributed by atoms with Gasteiger partial charge in [-0.05, 0) is 48.5 Å². The molecule has 2 rings (SSSR count). The second kappa shape index (κ2) is 7.66. The molecular formula is C17H16BrNO3. The second-order valence-corrected chi connectivity index (χ2v) is 5.35. The van der Waals surface area contributed by atoms with E-state index in [1.165, 1.54) is 6.08 Å². The molecule has 0 spiro atoms. The fraction of sp³-hybridized carbons (Fsp3) is 0.118. The fourth-order valence-electron chi connectivity index (χ4n) is 1.85. The molecule has 0 bridgehead atoms. The maximum absolute atomic E-state index is 11.9. The molecule has 0 fully saturated rings. The van der Waals surface area contributed by atoms with Crippen LogP contribution in [0.4, 0.5) is 5.69 Å². The van der Waals surface area contributed by atoms with E-state index < -0.39 is 0 Å². The summed E-state index contributed by atoms with van der Waals surface area (Å²) in [6.45, 7) is 0. The van der Waals surface area contributed by atoms with E-state index >= 15 is 0 Å². The molecule has 114 valence electrons. The fourth-order valence-corrected chi connectivity index (χ4v) is 2.12. The minimum Gasteiger partial charge on any atom is -0.497 e. The standard InChI is InChI=1S/C17H16BrNO3/c1-21-15-8-9-16(22-2)12(11-15)3-10-17(20)19-14-6-4-13(18)5-7-14/h3-11H,1-2H3,(H,19,20)/b10-3+. The van der Waals surface area contributed by atoms with Crippen LogP contribution >= 0.6 is 15.9 Å². The Labute approximate surface area is 137 Å². The van der Waals surface area contributed by atoms with Crippen molar-refractivity contribution in [3.05, 3.63) is 58.6 Å². The van der Waals surface area contributed by atoms with Crippen molar-refractivity contribution in [3.8, 4) is 11.5 Å². The first-order valence-corrected chi connectivity index (χ1v) is 7.38. The van der Waals surface area contributed by atoms with E-state index in [0.717, 1.165) is 15.7 Å². The van der Waals surface area contributed by atoms with Gasteiger partial charge in [-0.1, -0.05) is 15.9 Å². The van der Waals surface area contributed by atoms with Crippen molar-refractivity contribution in [2.45, 2.75) is 0 Å². The third-order valence-corrected chi connectivity index (χ3v) is 3.49. The van der Waals surface area contributed by atoms with Gasteiger partial charge < -0.3 is 14.8 Å². The molecule has 0 aliphatic heterocycles. The Morgan fingerprint density at radius 2 is 1.82 bits per heavy atom. The zero-order valence-electron chi connectivity index (χ0n) is 12.3.